The normalized spacial score (nSPS) is 10.2. The van der Waals surface area contributed by atoms with E-state index in [4.69, 9.17) is 9.47 Å². The smallest absolute Gasteiger partial charge is 0.308 e. The molecule has 7 nitrogen and oxygen atoms in total. The van der Waals surface area contributed by atoms with Crippen LogP contribution in [0.4, 0.5) is 5.69 Å². The zero-order valence-electron chi connectivity index (χ0n) is 16.9. The van der Waals surface area contributed by atoms with Crippen LogP contribution in [0.25, 0.3) is 0 Å². The van der Waals surface area contributed by atoms with Crippen LogP contribution in [0.15, 0.2) is 66.0 Å². The minimum absolute atomic E-state index is 0.0302. The molecule has 0 bridgehead atoms. The zero-order chi connectivity index (χ0) is 22.1. The Morgan fingerprint density at radius 3 is 2.48 bits per heavy atom. The molecule has 3 aromatic rings. The molecule has 0 aliphatic carbocycles. The van der Waals surface area contributed by atoms with E-state index < -0.39 is 18.5 Å². The van der Waals surface area contributed by atoms with Crippen molar-refractivity contribution in [2.45, 2.75) is 13.3 Å². The first-order chi connectivity index (χ1) is 15.0. The third-order valence-corrected chi connectivity index (χ3v) is 5.00. The fraction of sp³-hybridized carbons (Fsp3) is 0.174. The molecule has 1 heterocycles. The number of esters is 1. The predicted molar refractivity (Wildman–Crippen MR) is 119 cm³/mol. The first-order valence-corrected chi connectivity index (χ1v) is 10.5. The van der Waals surface area contributed by atoms with Gasteiger partial charge in [-0.15, -0.1) is 11.3 Å². The minimum Gasteiger partial charge on any atom is -0.456 e. The van der Waals surface area contributed by atoms with Crippen LogP contribution in [0.5, 0.6) is 11.5 Å². The van der Waals surface area contributed by atoms with Crippen molar-refractivity contribution in [2.24, 2.45) is 0 Å². The maximum Gasteiger partial charge on any atom is 0.308 e. The number of benzene rings is 2. The Bertz CT molecular complexity index is 1030. The molecule has 2 aromatic carbocycles. The van der Waals surface area contributed by atoms with E-state index in [1.165, 1.54) is 11.3 Å². The van der Waals surface area contributed by atoms with Gasteiger partial charge < -0.3 is 20.1 Å². The molecule has 1 aromatic heterocycles. The van der Waals surface area contributed by atoms with Crippen LogP contribution in [0.3, 0.4) is 0 Å². The highest BCUT2D eigenvalue weighted by atomic mass is 32.1. The van der Waals surface area contributed by atoms with Crippen LogP contribution in [-0.2, 0) is 14.3 Å². The summed E-state index contributed by atoms with van der Waals surface area (Å²) in [4.78, 5) is 36.4. The third kappa shape index (κ3) is 6.97. The van der Waals surface area contributed by atoms with Crippen molar-refractivity contribution in [3.63, 3.8) is 0 Å². The largest absolute Gasteiger partial charge is 0.456 e. The monoisotopic (exact) mass is 438 g/mol. The van der Waals surface area contributed by atoms with Crippen molar-refractivity contribution < 1.29 is 23.9 Å². The summed E-state index contributed by atoms with van der Waals surface area (Å²) in [5.41, 5.74) is 1.58. The van der Waals surface area contributed by atoms with Gasteiger partial charge >= 0.3 is 5.97 Å². The topological polar surface area (TPSA) is 93.7 Å². The second-order valence-electron chi connectivity index (χ2n) is 6.60. The van der Waals surface area contributed by atoms with E-state index in [0.29, 0.717) is 22.1 Å². The van der Waals surface area contributed by atoms with Crippen molar-refractivity contribution in [3.8, 4) is 11.5 Å². The molecule has 0 saturated carbocycles. The van der Waals surface area contributed by atoms with Gasteiger partial charge in [0.1, 0.15) is 5.75 Å². The zero-order valence-corrected chi connectivity index (χ0v) is 17.7. The van der Waals surface area contributed by atoms with Gasteiger partial charge in [-0.05, 0) is 42.6 Å². The lowest BCUT2D eigenvalue weighted by atomic mass is 10.2. The molecule has 160 valence electrons. The maximum absolute atomic E-state index is 12.2. The summed E-state index contributed by atoms with van der Waals surface area (Å²) in [6.07, 6.45) is -0.0302. The lowest BCUT2D eigenvalue weighted by Crippen LogP contribution is -2.27. The number of amides is 2. The Morgan fingerprint density at radius 2 is 1.74 bits per heavy atom. The van der Waals surface area contributed by atoms with E-state index in [0.717, 1.165) is 5.56 Å². The molecule has 8 heteroatoms. The van der Waals surface area contributed by atoms with E-state index in [-0.39, 0.29) is 18.9 Å². The van der Waals surface area contributed by atoms with Crippen molar-refractivity contribution in [3.05, 3.63) is 76.5 Å². The van der Waals surface area contributed by atoms with Gasteiger partial charge in [0.2, 0.25) is 0 Å². The van der Waals surface area contributed by atoms with E-state index in [1.54, 1.807) is 41.8 Å². The first kappa shape index (κ1) is 22.0. The van der Waals surface area contributed by atoms with Gasteiger partial charge in [0, 0.05) is 6.54 Å². The maximum atomic E-state index is 12.2. The van der Waals surface area contributed by atoms with Crippen molar-refractivity contribution in [1.82, 2.24) is 5.32 Å². The first-order valence-electron chi connectivity index (χ1n) is 9.62. The average Bonchev–Trinajstić information content (AvgIpc) is 3.30. The number of thiophene rings is 1. The molecule has 0 saturated heterocycles. The number of carbonyl (C=O) groups is 3. The van der Waals surface area contributed by atoms with Gasteiger partial charge in [-0.2, -0.15) is 0 Å². The number of anilines is 1. The number of hydrogen-bond donors (Lipinski definition) is 2. The van der Waals surface area contributed by atoms with Gasteiger partial charge in [0.15, 0.2) is 12.4 Å². The van der Waals surface area contributed by atoms with E-state index in [1.807, 2.05) is 31.2 Å². The SMILES string of the molecule is Cc1ccc(Oc2ccccc2NC(=O)COC(=O)CCNC(=O)c2cccs2)cc1. The second kappa shape index (κ2) is 10.9. The predicted octanol–water partition coefficient (Wildman–Crippen LogP) is 4.15. The summed E-state index contributed by atoms with van der Waals surface area (Å²) in [6, 6.07) is 18.0. The Balaban J connectivity index is 1.43. The molecule has 31 heavy (non-hydrogen) atoms. The molecule has 0 atom stereocenters. The number of para-hydroxylation sites is 2. The molecule has 0 aliphatic heterocycles. The lowest BCUT2D eigenvalue weighted by molar-refractivity contribution is -0.147. The number of rotatable bonds is 9. The molecular weight excluding hydrogens is 416 g/mol. The summed E-state index contributed by atoms with van der Waals surface area (Å²) in [5.74, 6) is -0.196. The molecular formula is C23H22N2O5S. The van der Waals surface area contributed by atoms with Crippen LogP contribution in [-0.4, -0.2) is 30.9 Å². The minimum atomic E-state index is -0.578. The van der Waals surface area contributed by atoms with Gasteiger partial charge in [0.25, 0.3) is 11.8 Å². The number of carbonyl (C=O) groups excluding carboxylic acids is 3. The number of nitrogens with one attached hydrogen (secondary N) is 2. The van der Waals surface area contributed by atoms with Crippen LogP contribution in [0.2, 0.25) is 0 Å². The molecule has 0 fully saturated rings. The summed E-state index contributed by atoms with van der Waals surface area (Å²) in [7, 11) is 0. The fourth-order valence-corrected chi connectivity index (χ4v) is 3.21. The van der Waals surface area contributed by atoms with E-state index in [2.05, 4.69) is 10.6 Å². The highest BCUT2D eigenvalue weighted by molar-refractivity contribution is 7.12. The van der Waals surface area contributed by atoms with Crippen molar-refractivity contribution >= 4 is 34.8 Å². The number of hydrogen-bond acceptors (Lipinski definition) is 6. The molecule has 2 amide bonds. The Morgan fingerprint density at radius 1 is 0.968 bits per heavy atom. The van der Waals surface area contributed by atoms with E-state index in [9.17, 15) is 14.4 Å². The Hall–Kier alpha value is -3.65. The van der Waals surface area contributed by atoms with Crippen molar-refractivity contribution in [2.75, 3.05) is 18.5 Å². The summed E-state index contributed by atoms with van der Waals surface area (Å²) in [6.45, 7) is 1.68. The van der Waals surface area contributed by atoms with Gasteiger partial charge in [-0.3, -0.25) is 14.4 Å². The Kier molecular flexibility index (Phi) is 7.78. The molecule has 0 radical (unpaired) electrons. The number of ether oxygens (including phenoxy) is 2. The average molecular weight is 439 g/mol. The van der Waals surface area contributed by atoms with Crippen LogP contribution < -0.4 is 15.4 Å². The van der Waals surface area contributed by atoms with E-state index >= 15 is 0 Å². The van der Waals surface area contributed by atoms with Crippen molar-refractivity contribution in [1.29, 1.82) is 0 Å². The third-order valence-electron chi connectivity index (χ3n) is 4.13. The molecule has 2 N–H and O–H groups in total. The Labute approximate surface area is 184 Å². The van der Waals surface area contributed by atoms with Crippen LogP contribution in [0, 0.1) is 6.92 Å². The number of aryl methyl sites for hydroxylation is 1. The quantitative estimate of drug-likeness (QED) is 0.490. The standard InChI is InChI=1S/C23H22N2O5S/c1-16-8-10-17(11-9-16)30-19-6-3-2-5-18(19)25-21(26)15-29-22(27)12-13-24-23(28)20-7-4-14-31-20/h2-11,14H,12-13,15H2,1H3,(H,24,28)(H,25,26). The fourth-order valence-electron chi connectivity index (χ4n) is 2.57. The van der Waals surface area contributed by atoms with Crippen LogP contribution in [0.1, 0.15) is 21.7 Å². The molecule has 3 rings (SSSR count). The highest BCUT2D eigenvalue weighted by Gasteiger charge is 2.12. The molecule has 0 spiro atoms. The lowest BCUT2D eigenvalue weighted by Gasteiger charge is -2.12. The highest BCUT2D eigenvalue weighted by Crippen LogP contribution is 2.29. The molecule has 0 aliphatic rings. The summed E-state index contributed by atoms with van der Waals surface area (Å²) >= 11 is 1.32. The van der Waals surface area contributed by atoms with Gasteiger partial charge in [-0.1, -0.05) is 35.9 Å². The van der Waals surface area contributed by atoms with Gasteiger partial charge in [0.05, 0.1) is 17.0 Å². The van der Waals surface area contributed by atoms with Gasteiger partial charge in [-0.25, -0.2) is 0 Å². The molecule has 0 unspecified atom stereocenters. The van der Waals surface area contributed by atoms with Crippen LogP contribution >= 0.6 is 11.3 Å². The summed E-state index contributed by atoms with van der Waals surface area (Å²) < 4.78 is 10.8. The second-order valence-corrected chi connectivity index (χ2v) is 7.55. The summed E-state index contributed by atoms with van der Waals surface area (Å²) in [5, 5.41) is 7.11.